The van der Waals surface area contributed by atoms with E-state index in [2.05, 4.69) is 21.6 Å². The standard InChI is InChI=1S/C23H22F3N3O2/c1-4-5-6-7-15-13-17(8-10-18(15)24)23(20(30)29(3)22(27)28-23)16-9-11-19(14(2)12-16)31-21(25)26/h8-13,21H,4-5H2,1-3H3,(H2,27,28)/t23-/m0/s1. The van der Waals surface area contributed by atoms with E-state index < -0.39 is 23.9 Å². The van der Waals surface area contributed by atoms with Gasteiger partial charge in [-0.15, -0.1) is 0 Å². The molecule has 0 aliphatic carbocycles. The van der Waals surface area contributed by atoms with Crippen LogP contribution in [0.15, 0.2) is 41.4 Å². The fourth-order valence-corrected chi connectivity index (χ4v) is 3.42. The monoisotopic (exact) mass is 429 g/mol. The number of ether oxygens (including phenoxy) is 1. The van der Waals surface area contributed by atoms with Gasteiger partial charge < -0.3 is 10.5 Å². The van der Waals surface area contributed by atoms with Crippen LogP contribution < -0.4 is 10.5 Å². The largest absolute Gasteiger partial charge is 0.435 e. The molecule has 1 heterocycles. The molecule has 2 N–H and O–H groups in total. The zero-order valence-electron chi connectivity index (χ0n) is 17.4. The third-order valence-corrected chi connectivity index (χ3v) is 5.03. The maximum Gasteiger partial charge on any atom is 0.387 e. The minimum atomic E-state index is -2.98. The second-order valence-corrected chi connectivity index (χ2v) is 7.15. The normalized spacial score (nSPS) is 18.1. The zero-order chi connectivity index (χ0) is 22.8. The van der Waals surface area contributed by atoms with Crippen LogP contribution in [0, 0.1) is 24.6 Å². The zero-order valence-corrected chi connectivity index (χ0v) is 17.4. The maximum absolute atomic E-state index is 14.4. The lowest BCUT2D eigenvalue weighted by Gasteiger charge is -2.27. The van der Waals surface area contributed by atoms with Gasteiger partial charge in [0.25, 0.3) is 5.91 Å². The van der Waals surface area contributed by atoms with Crippen LogP contribution in [0.4, 0.5) is 13.2 Å². The smallest absolute Gasteiger partial charge is 0.387 e. The number of rotatable bonds is 5. The third-order valence-electron chi connectivity index (χ3n) is 5.03. The number of nitrogens with zero attached hydrogens (tertiary/aromatic N) is 2. The van der Waals surface area contributed by atoms with Crippen molar-refractivity contribution in [3.63, 3.8) is 0 Å². The first-order chi connectivity index (χ1) is 14.7. The van der Waals surface area contributed by atoms with E-state index in [0.717, 1.165) is 6.42 Å². The number of guanidine groups is 1. The lowest BCUT2D eigenvalue weighted by molar-refractivity contribution is -0.129. The lowest BCUT2D eigenvalue weighted by Crippen LogP contribution is -2.41. The van der Waals surface area contributed by atoms with Crippen molar-refractivity contribution in [2.24, 2.45) is 10.7 Å². The van der Waals surface area contributed by atoms with Crippen LogP contribution in [0.5, 0.6) is 5.75 Å². The number of amides is 1. The van der Waals surface area contributed by atoms with Gasteiger partial charge in [0.1, 0.15) is 11.6 Å². The number of alkyl halides is 2. The highest BCUT2D eigenvalue weighted by molar-refractivity contribution is 6.09. The molecule has 3 rings (SSSR count). The summed E-state index contributed by atoms with van der Waals surface area (Å²) in [6.07, 6.45) is 1.43. The van der Waals surface area contributed by atoms with Crippen molar-refractivity contribution in [2.75, 3.05) is 7.05 Å². The van der Waals surface area contributed by atoms with E-state index in [-0.39, 0.29) is 17.3 Å². The Morgan fingerprint density at radius 3 is 2.48 bits per heavy atom. The highest BCUT2D eigenvalue weighted by atomic mass is 19.3. The van der Waals surface area contributed by atoms with E-state index in [1.807, 2.05) is 6.92 Å². The molecule has 0 aromatic heterocycles. The molecule has 2 aromatic carbocycles. The van der Waals surface area contributed by atoms with E-state index in [0.29, 0.717) is 23.1 Å². The Labute approximate surface area is 178 Å². The van der Waals surface area contributed by atoms with Gasteiger partial charge in [0.15, 0.2) is 11.5 Å². The molecule has 5 nitrogen and oxygen atoms in total. The predicted molar refractivity (Wildman–Crippen MR) is 111 cm³/mol. The molecular weight excluding hydrogens is 407 g/mol. The summed E-state index contributed by atoms with van der Waals surface area (Å²) in [6.45, 7) is 0.565. The second-order valence-electron chi connectivity index (χ2n) is 7.15. The van der Waals surface area contributed by atoms with E-state index in [4.69, 9.17) is 5.73 Å². The van der Waals surface area contributed by atoms with Crippen LogP contribution in [0.1, 0.15) is 42.0 Å². The van der Waals surface area contributed by atoms with Gasteiger partial charge in [-0.2, -0.15) is 8.78 Å². The molecule has 0 saturated heterocycles. The first-order valence-corrected chi connectivity index (χ1v) is 9.69. The Balaban J connectivity index is 2.20. The summed E-state index contributed by atoms with van der Waals surface area (Å²) >= 11 is 0. The van der Waals surface area contributed by atoms with Gasteiger partial charge in [-0.3, -0.25) is 9.69 Å². The number of nitrogens with two attached hydrogens (primary N) is 1. The lowest BCUT2D eigenvalue weighted by atomic mass is 9.81. The Hall–Kier alpha value is -3.47. The third kappa shape index (κ3) is 4.08. The first-order valence-electron chi connectivity index (χ1n) is 9.69. The number of likely N-dealkylation sites (N-methyl/N-ethyl adjacent to an activating group) is 1. The molecule has 8 heteroatoms. The Bertz CT molecular complexity index is 1100. The van der Waals surface area contributed by atoms with E-state index in [1.165, 1.54) is 48.3 Å². The van der Waals surface area contributed by atoms with Crippen LogP contribution in [0.3, 0.4) is 0 Å². The van der Waals surface area contributed by atoms with Crippen molar-refractivity contribution in [2.45, 2.75) is 38.8 Å². The van der Waals surface area contributed by atoms with Crippen molar-refractivity contribution in [1.29, 1.82) is 0 Å². The van der Waals surface area contributed by atoms with Gasteiger partial charge in [-0.05, 0) is 54.3 Å². The molecule has 1 atom stereocenters. The van der Waals surface area contributed by atoms with Gasteiger partial charge in [0.2, 0.25) is 0 Å². The summed E-state index contributed by atoms with van der Waals surface area (Å²) < 4.78 is 44.2. The van der Waals surface area contributed by atoms with Crippen molar-refractivity contribution in [3.05, 3.63) is 64.5 Å². The summed E-state index contributed by atoms with van der Waals surface area (Å²) in [7, 11) is 1.48. The summed E-state index contributed by atoms with van der Waals surface area (Å²) in [4.78, 5) is 19.0. The summed E-state index contributed by atoms with van der Waals surface area (Å²) in [5.74, 6) is 4.68. The molecule has 1 aliphatic rings. The molecule has 2 aromatic rings. The van der Waals surface area contributed by atoms with Crippen LogP contribution in [-0.2, 0) is 10.3 Å². The molecule has 162 valence electrons. The summed E-state index contributed by atoms with van der Waals surface area (Å²) in [5, 5.41) is 0. The number of halogens is 3. The molecule has 0 saturated carbocycles. The fraction of sp³-hybridized carbons (Fsp3) is 0.304. The average Bonchev–Trinajstić information content (AvgIpc) is 2.95. The summed E-state index contributed by atoms with van der Waals surface area (Å²) in [5.41, 5.74) is 5.64. The van der Waals surface area contributed by atoms with Crippen molar-refractivity contribution in [3.8, 4) is 17.6 Å². The van der Waals surface area contributed by atoms with Gasteiger partial charge in [-0.1, -0.05) is 30.9 Å². The Morgan fingerprint density at radius 1 is 1.23 bits per heavy atom. The van der Waals surface area contributed by atoms with Crippen LogP contribution in [-0.4, -0.2) is 30.4 Å². The van der Waals surface area contributed by atoms with Gasteiger partial charge in [0, 0.05) is 13.5 Å². The van der Waals surface area contributed by atoms with Crippen molar-refractivity contribution in [1.82, 2.24) is 4.90 Å². The molecule has 1 amide bonds. The number of hydrogen-bond donors (Lipinski definition) is 1. The van der Waals surface area contributed by atoms with Gasteiger partial charge >= 0.3 is 6.61 Å². The molecule has 0 spiro atoms. The second kappa shape index (κ2) is 8.72. The Kier molecular flexibility index (Phi) is 6.25. The fourth-order valence-electron chi connectivity index (χ4n) is 3.42. The number of carbonyl (C=O) groups is 1. The molecule has 31 heavy (non-hydrogen) atoms. The highest BCUT2D eigenvalue weighted by Gasteiger charge is 2.49. The number of hydrogen-bond acceptors (Lipinski definition) is 4. The summed E-state index contributed by atoms with van der Waals surface area (Å²) in [6, 6.07) is 8.52. The molecule has 0 fully saturated rings. The molecule has 0 bridgehead atoms. The number of benzene rings is 2. The number of unbranched alkanes of at least 4 members (excludes halogenated alkanes) is 1. The predicted octanol–water partition coefficient (Wildman–Crippen LogP) is 3.92. The minimum Gasteiger partial charge on any atom is -0.435 e. The number of aliphatic imine (C=N–C) groups is 1. The van der Waals surface area contributed by atoms with Gasteiger partial charge in [-0.25, -0.2) is 9.38 Å². The van der Waals surface area contributed by atoms with E-state index in [1.54, 1.807) is 6.92 Å². The molecule has 0 radical (unpaired) electrons. The van der Waals surface area contributed by atoms with Gasteiger partial charge in [0.05, 0.1) is 5.56 Å². The van der Waals surface area contributed by atoms with Crippen LogP contribution >= 0.6 is 0 Å². The Morgan fingerprint density at radius 2 is 1.90 bits per heavy atom. The average molecular weight is 429 g/mol. The molecule has 1 aliphatic heterocycles. The van der Waals surface area contributed by atoms with Crippen LogP contribution in [0.2, 0.25) is 0 Å². The minimum absolute atomic E-state index is 0.0153. The van der Waals surface area contributed by atoms with E-state index in [9.17, 15) is 18.0 Å². The number of aryl methyl sites for hydroxylation is 1. The molecule has 0 unspecified atom stereocenters. The topological polar surface area (TPSA) is 67.9 Å². The van der Waals surface area contributed by atoms with Crippen LogP contribution in [0.25, 0.3) is 0 Å². The highest BCUT2D eigenvalue weighted by Crippen LogP contribution is 2.41. The van der Waals surface area contributed by atoms with Crippen molar-refractivity contribution < 1.29 is 22.7 Å². The number of carbonyl (C=O) groups excluding carboxylic acids is 1. The quantitative estimate of drug-likeness (QED) is 0.733. The SMILES string of the molecule is CCCC#Cc1cc([C@]2(c3ccc(OC(F)F)c(C)c3)N=C(N)N(C)C2=O)ccc1F. The van der Waals surface area contributed by atoms with E-state index >= 15 is 0 Å². The first kappa shape index (κ1) is 22.2. The molecular formula is C23H22F3N3O2. The van der Waals surface area contributed by atoms with Crippen molar-refractivity contribution >= 4 is 11.9 Å². The maximum atomic E-state index is 14.4.